The number of unbranched alkanes of at least 4 members (excludes halogenated alkanes) is 1. The molecule has 1 N–H and O–H groups in total. The van der Waals surface area contributed by atoms with Gasteiger partial charge in [0.25, 0.3) is 0 Å². The summed E-state index contributed by atoms with van der Waals surface area (Å²) in [4.78, 5) is 0. The Bertz CT molecular complexity index is 172. The van der Waals surface area contributed by atoms with Crippen LogP contribution in [0.15, 0.2) is 0 Å². The Morgan fingerprint density at radius 3 is 2.35 bits per heavy atom. The lowest BCUT2D eigenvalue weighted by atomic mass is 9.80. The lowest BCUT2D eigenvalue weighted by molar-refractivity contribution is 0.243. The molecule has 0 radical (unpaired) electrons. The third-order valence-corrected chi connectivity index (χ3v) is 4.70. The topological polar surface area (TPSA) is 12.0 Å². The van der Waals surface area contributed by atoms with Crippen molar-refractivity contribution in [3.63, 3.8) is 0 Å². The van der Waals surface area contributed by atoms with Crippen LogP contribution in [0.5, 0.6) is 0 Å². The van der Waals surface area contributed by atoms with Crippen LogP contribution in [0.25, 0.3) is 0 Å². The van der Waals surface area contributed by atoms with E-state index in [9.17, 15) is 0 Å². The van der Waals surface area contributed by atoms with Gasteiger partial charge in [0.1, 0.15) is 0 Å². The van der Waals surface area contributed by atoms with Crippen molar-refractivity contribution in [2.45, 2.75) is 84.1 Å². The highest BCUT2D eigenvalue weighted by atomic mass is 14.9. The average molecular weight is 239 g/mol. The van der Waals surface area contributed by atoms with Gasteiger partial charge in [-0.2, -0.15) is 0 Å². The van der Waals surface area contributed by atoms with Crippen LogP contribution < -0.4 is 5.32 Å². The van der Waals surface area contributed by atoms with Crippen LogP contribution in [0.4, 0.5) is 0 Å². The Labute approximate surface area is 109 Å². The molecule has 0 aromatic rings. The lowest BCUT2D eigenvalue weighted by Crippen LogP contribution is -2.35. The monoisotopic (exact) mass is 239 g/mol. The van der Waals surface area contributed by atoms with Crippen molar-refractivity contribution in [2.24, 2.45) is 11.8 Å². The molecule has 1 aliphatic carbocycles. The summed E-state index contributed by atoms with van der Waals surface area (Å²) in [5.74, 6) is 1.92. The molecule has 2 unspecified atom stereocenters. The van der Waals surface area contributed by atoms with E-state index in [1.807, 2.05) is 0 Å². The Kier molecular flexibility index (Phi) is 7.92. The van der Waals surface area contributed by atoms with E-state index >= 15 is 0 Å². The second-order valence-electron chi connectivity index (χ2n) is 5.95. The molecule has 0 saturated heterocycles. The first-order valence-corrected chi connectivity index (χ1v) is 7.99. The van der Waals surface area contributed by atoms with Gasteiger partial charge in [-0.1, -0.05) is 65.2 Å². The summed E-state index contributed by atoms with van der Waals surface area (Å²) in [7, 11) is 2.17. The van der Waals surface area contributed by atoms with Crippen LogP contribution in [0.2, 0.25) is 0 Å². The fourth-order valence-corrected chi connectivity index (χ4v) is 3.48. The Balaban J connectivity index is 2.37. The van der Waals surface area contributed by atoms with Gasteiger partial charge in [0, 0.05) is 6.04 Å². The van der Waals surface area contributed by atoms with Gasteiger partial charge in [0.2, 0.25) is 0 Å². The SMILES string of the molecule is CCCCC(CC)C(CC1CCCCC1)NC. The zero-order valence-corrected chi connectivity index (χ0v) is 12.3. The molecular formula is C16H33N. The molecule has 0 aromatic carbocycles. The Morgan fingerprint density at radius 2 is 1.82 bits per heavy atom. The predicted molar refractivity (Wildman–Crippen MR) is 77.3 cm³/mol. The summed E-state index contributed by atoms with van der Waals surface area (Å²) < 4.78 is 0. The lowest BCUT2D eigenvalue weighted by Gasteiger charge is -2.31. The zero-order valence-electron chi connectivity index (χ0n) is 12.3. The molecule has 1 fully saturated rings. The summed E-state index contributed by atoms with van der Waals surface area (Å²) in [5, 5.41) is 3.61. The van der Waals surface area contributed by atoms with E-state index in [-0.39, 0.29) is 0 Å². The van der Waals surface area contributed by atoms with Gasteiger partial charge in [-0.25, -0.2) is 0 Å². The second kappa shape index (κ2) is 8.97. The van der Waals surface area contributed by atoms with E-state index in [0.29, 0.717) is 0 Å². The van der Waals surface area contributed by atoms with Crippen molar-refractivity contribution in [2.75, 3.05) is 7.05 Å². The van der Waals surface area contributed by atoms with E-state index in [0.717, 1.165) is 17.9 Å². The number of nitrogens with one attached hydrogen (secondary N) is 1. The Morgan fingerprint density at radius 1 is 1.12 bits per heavy atom. The summed E-state index contributed by atoms with van der Waals surface area (Å²) >= 11 is 0. The van der Waals surface area contributed by atoms with Crippen molar-refractivity contribution in [1.29, 1.82) is 0 Å². The molecule has 1 heteroatoms. The normalized spacial score (nSPS) is 21.4. The van der Waals surface area contributed by atoms with Crippen LogP contribution in [0.1, 0.15) is 78.1 Å². The van der Waals surface area contributed by atoms with Gasteiger partial charge in [-0.3, -0.25) is 0 Å². The number of hydrogen-bond donors (Lipinski definition) is 1. The van der Waals surface area contributed by atoms with Crippen molar-refractivity contribution >= 4 is 0 Å². The molecule has 0 bridgehead atoms. The van der Waals surface area contributed by atoms with Gasteiger partial charge in [-0.05, 0) is 31.7 Å². The van der Waals surface area contributed by atoms with E-state index in [1.54, 1.807) is 0 Å². The Hall–Kier alpha value is -0.0400. The zero-order chi connectivity index (χ0) is 12.5. The molecule has 1 rings (SSSR count). The minimum absolute atomic E-state index is 0.773. The van der Waals surface area contributed by atoms with Gasteiger partial charge in [0.05, 0.1) is 0 Å². The summed E-state index contributed by atoms with van der Waals surface area (Å²) in [6.45, 7) is 4.67. The first kappa shape index (κ1) is 15.0. The second-order valence-corrected chi connectivity index (χ2v) is 5.95. The number of rotatable bonds is 8. The van der Waals surface area contributed by atoms with Crippen LogP contribution in [-0.4, -0.2) is 13.1 Å². The molecule has 17 heavy (non-hydrogen) atoms. The molecule has 1 aliphatic rings. The van der Waals surface area contributed by atoms with Crippen LogP contribution in [0, 0.1) is 11.8 Å². The minimum Gasteiger partial charge on any atom is -0.317 e. The van der Waals surface area contributed by atoms with Crippen molar-refractivity contribution < 1.29 is 0 Å². The van der Waals surface area contributed by atoms with E-state index in [2.05, 4.69) is 26.2 Å². The molecule has 1 nitrogen and oxygen atoms in total. The van der Waals surface area contributed by atoms with Crippen molar-refractivity contribution in [3.8, 4) is 0 Å². The molecule has 0 aromatic heterocycles. The van der Waals surface area contributed by atoms with Crippen LogP contribution >= 0.6 is 0 Å². The van der Waals surface area contributed by atoms with E-state index < -0.39 is 0 Å². The highest BCUT2D eigenvalue weighted by Crippen LogP contribution is 2.30. The van der Waals surface area contributed by atoms with E-state index in [1.165, 1.54) is 64.2 Å². The first-order chi connectivity index (χ1) is 8.31. The largest absolute Gasteiger partial charge is 0.317 e. The van der Waals surface area contributed by atoms with Crippen molar-refractivity contribution in [3.05, 3.63) is 0 Å². The maximum Gasteiger partial charge on any atom is 0.00948 e. The maximum absolute atomic E-state index is 3.61. The molecule has 0 heterocycles. The van der Waals surface area contributed by atoms with Crippen LogP contribution in [0.3, 0.4) is 0 Å². The first-order valence-electron chi connectivity index (χ1n) is 7.99. The summed E-state index contributed by atoms with van der Waals surface area (Å²) in [6.07, 6.45) is 14.4. The van der Waals surface area contributed by atoms with Crippen molar-refractivity contribution in [1.82, 2.24) is 5.32 Å². The smallest absolute Gasteiger partial charge is 0.00948 e. The standard InChI is InChI=1S/C16H33N/c1-4-6-12-15(5-2)16(17-3)13-14-10-8-7-9-11-14/h14-17H,4-13H2,1-3H3. The fourth-order valence-electron chi connectivity index (χ4n) is 3.48. The molecule has 2 atom stereocenters. The molecule has 0 spiro atoms. The minimum atomic E-state index is 0.773. The average Bonchev–Trinajstić information content (AvgIpc) is 2.39. The highest BCUT2D eigenvalue weighted by molar-refractivity contribution is 4.79. The molecule has 0 aliphatic heterocycles. The van der Waals surface area contributed by atoms with Gasteiger partial charge in [-0.15, -0.1) is 0 Å². The van der Waals surface area contributed by atoms with Gasteiger partial charge in [0.15, 0.2) is 0 Å². The predicted octanol–water partition coefficient (Wildman–Crippen LogP) is 4.76. The summed E-state index contributed by atoms with van der Waals surface area (Å²) in [6, 6.07) is 0.773. The summed E-state index contributed by atoms with van der Waals surface area (Å²) in [5.41, 5.74) is 0. The van der Waals surface area contributed by atoms with E-state index in [4.69, 9.17) is 0 Å². The van der Waals surface area contributed by atoms with Crippen LogP contribution in [-0.2, 0) is 0 Å². The molecular weight excluding hydrogens is 206 g/mol. The molecule has 102 valence electrons. The van der Waals surface area contributed by atoms with Gasteiger partial charge >= 0.3 is 0 Å². The fraction of sp³-hybridized carbons (Fsp3) is 1.00. The highest BCUT2D eigenvalue weighted by Gasteiger charge is 2.23. The third-order valence-electron chi connectivity index (χ3n) is 4.70. The number of hydrogen-bond acceptors (Lipinski definition) is 1. The third kappa shape index (κ3) is 5.42. The quantitative estimate of drug-likeness (QED) is 0.644. The molecule has 0 amide bonds. The maximum atomic E-state index is 3.61. The molecule has 1 saturated carbocycles. The van der Waals surface area contributed by atoms with Gasteiger partial charge < -0.3 is 5.32 Å².